The lowest BCUT2D eigenvalue weighted by Crippen LogP contribution is -2.13. The van der Waals surface area contributed by atoms with Gasteiger partial charge in [-0.3, -0.25) is 0 Å². The molecule has 0 bridgehead atoms. The molecule has 0 unspecified atom stereocenters. The van der Waals surface area contributed by atoms with Crippen molar-refractivity contribution in [1.82, 2.24) is 4.57 Å². The van der Waals surface area contributed by atoms with Crippen molar-refractivity contribution in [2.24, 2.45) is 0 Å². The number of hydrogen-bond acceptors (Lipinski definition) is 4. The summed E-state index contributed by atoms with van der Waals surface area (Å²) in [6, 6.07) is 106. The van der Waals surface area contributed by atoms with Gasteiger partial charge >= 0.3 is 0 Å². The average Bonchev–Trinajstić information content (AvgIpc) is 4.04. The molecule has 14 aromatic rings. The minimum Gasteiger partial charge on any atom is -0.310 e. The molecule has 354 valence electrons. The van der Waals surface area contributed by atoms with E-state index in [1.54, 1.807) is 0 Å². The number of nitrogens with zero attached hydrogens (tertiary/aromatic N) is 4. The Morgan fingerprint density at radius 1 is 0.253 bits per heavy atom. The van der Waals surface area contributed by atoms with Gasteiger partial charge in [-0.15, -0.1) is 11.3 Å². The maximum atomic E-state index is 2.48. The summed E-state index contributed by atoms with van der Waals surface area (Å²) in [6.45, 7) is 0. The summed E-state index contributed by atoms with van der Waals surface area (Å²) in [4.78, 5) is 7.22. The van der Waals surface area contributed by atoms with Gasteiger partial charge in [0.2, 0.25) is 0 Å². The zero-order chi connectivity index (χ0) is 49.7. The molecule has 0 saturated heterocycles. The molecule has 2 aromatic heterocycles. The average molecular weight is 977 g/mol. The van der Waals surface area contributed by atoms with Crippen molar-refractivity contribution in [1.29, 1.82) is 0 Å². The van der Waals surface area contributed by atoms with Crippen LogP contribution in [0.15, 0.2) is 291 Å². The van der Waals surface area contributed by atoms with Gasteiger partial charge in [0.05, 0.1) is 16.7 Å². The molecule has 0 aliphatic carbocycles. The molecule has 0 saturated carbocycles. The van der Waals surface area contributed by atoms with Gasteiger partial charge in [0, 0.05) is 87.5 Å². The highest BCUT2D eigenvalue weighted by molar-refractivity contribution is 7.25. The Balaban J connectivity index is 1.01. The van der Waals surface area contributed by atoms with Gasteiger partial charge < -0.3 is 19.3 Å². The fourth-order valence-electron chi connectivity index (χ4n) is 11.2. The number of fused-ring (bicyclic) bond motifs is 7. The van der Waals surface area contributed by atoms with E-state index in [1.165, 1.54) is 42.0 Å². The molecule has 0 amide bonds. The van der Waals surface area contributed by atoms with Crippen molar-refractivity contribution in [3.8, 4) is 16.8 Å². The molecule has 0 N–H and O–H groups in total. The predicted molar refractivity (Wildman–Crippen MR) is 321 cm³/mol. The van der Waals surface area contributed by atoms with Crippen LogP contribution < -0.4 is 14.7 Å². The van der Waals surface area contributed by atoms with Crippen molar-refractivity contribution >= 4 is 115 Å². The van der Waals surface area contributed by atoms with E-state index in [2.05, 4.69) is 310 Å². The number of aromatic nitrogens is 1. The van der Waals surface area contributed by atoms with Gasteiger partial charge in [0.25, 0.3) is 0 Å². The summed E-state index contributed by atoms with van der Waals surface area (Å²) in [5, 5.41) is 7.25. The normalized spacial score (nSPS) is 11.5. The van der Waals surface area contributed by atoms with E-state index in [4.69, 9.17) is 0 Å². The summed E-state index contributed by atoms with van der Waals surface area (Å²) in [5.74, 6) is 0. The minimum atomic E-state index is 1.05. The number of benzene rings is 12. The summed E-state index contributed by atoms with van der Waals surface area (Å²) in [5.41, 5.74) is 15.4. The highest BCUT2D eigenvalue weighted by atomic mass is 32.1. The third kappa shape index (κ3) is 7.86. The Morgan fingerprint density at radius 2 is 0.720 bits per heavy atom. The number of para-hydroxylation sites is 6. The van der Waals surface area contributed by atoms with Crippen LogP contribution in [0.25, 0.3) is 69.6 Å². The van der Waals surface area contributed by atoms with Crippen LogP contribution in [-0.2, 0) is 0 Å². The topological polar surface area (TPSA) is 14.7 Å². The van der Waals surface area contributed by atoms with Crippen LogP contribution in [0.2, 0.25) is 0 Å². The predicted octanol–water partition coefficient (Wildman–Crippen LogP) is 20.4. The number of hydrogen-bond donors (Lipinski definition) is 0. The maximum absolute atomic E-state index is 2.48. The summed E-state index contributed by atoms with van der Waals surface area (Å²) < 4.78 is 4.96. The van der Waals surface area contributed by atoms with E-state index >= 15 is 0 Å². The third-order valence-corrected chi connectivity index (χ3v) is 15.6. The summed E-state index contributed by atoms with van der Waals surface area (Å²) in [7, 11) is 0. The molecule has 0 spiro atoms. The molecular weight excluding hydrogens is 929 g/mol. The van der Waals surface area contributed by atoms with Gasteiger partial charge in [0.15, 0.2) is 0 Å². The Kier molecular flexibility index (Phi) is 11.0. The van der Waals surface area contributed by atoms with E-state index in [0.29, 0.717) is 0 Å². The molecule has 4 nitrogen and oxygen atoms in total. The fraction of sp³-hybridized carbons (Fsp3) is 0. The lowest BCUT2D eigenvalue weighted by Gasteiger charge is -2.30. The van der Waals surface area contributed by atoms with Crippen molar-refractivity contribution in [3.05, 3.63) is 291 Å². The van der Waals surface area contributed by atoms with E-state index in [1.807, 2.05) is 11.3 Å². The van der Waals surface area contributed by atoms with Crippen molar-refractivity contribution in [2.75, 3.05) is 14.7 Å². The van der Waals surface area contributed by atoms with Crippen LogP contribution in [0.5, 0.6) is 0 Å². The Morgan fingerprint density at radius 3 is 1.35 bits per heavy atom. The first kappa shape index (κ1) is 44.1. The van der Waals surface area contributed by atoms with Crippen LogP contribution in [-0.4, -0.2) is 4.57 Å². The van der Waals surface area contributed by atoms with Crippen molar-refractivity contribution < 1.29 is 0 Å². The molecule has 0 fully saturated rings. The van der Waals surface area contributed by atoms with Gasteiger partial charge in [-0.1, -0.05) is 158 Å². The first-order valence-electron chi connectivity index (χ1n) is 25.5. The Bertz CT molecular complexity index is 4180. The lowest BCUT2D eigenvalue weighted by molar-refractivity contribution is 1.18. The largest absolute Gasteiger partial charge is 0.310 e. The number of thiophene rings is 1. The zero-order valence-corrected chi connectivity index (χ0v) is 41.7. The zero-order valence-electron chi connectivity index (χ0n) is 40.9. The smallest absolute Gasteiger partial charge is 0.0542 e. The minimum absolute atomic E-state index is 1.05. The van der Waals surface area contributed by atoms with Crippen LogP contribution in [0.3, 0.4) is 0 Å². The highest BCUT2D eigenvalue weighted by Gasteiger charge is 2.23. The molecule has 12 aromatic carbocycles. The maximum Gasteiger partial charge on any atom is 0.0542 e. The molecule has 75 heavy (non-hydrogen) atoms. The molecule has 0 aliphatic rings. The molecule has 0 atom stereocenters. The second-order valence-corrected chi connectivity index (χ2v) is 20.0. The molecule has 0 radical (unpaired) electrons. The first-order valence-corrected chi connectivity index (χ1v) is 26.3. The highest BCUT2D eigenvalue weighted by Crippen LogP contribution is 2.48. The van der Waals surface area contributed by atoms with Gasteiger partial charge in [0.1, 0.15) is 0 Å². The fourth-order valence-corrected chi connectivity index (χ4v) is 12.3. The van der Waals surface area contributed by atoms with E-state index in [-0.39, 0.29) is 0 Å². The number of anilines is 9. The van der Waals surface area contributed by atoms with Crippen molar-refractivity contribution in [3.63, 3.8) is 0 Å². The second-order valence-electron chi connectivity index (χ2n) is 18.9. The summed E-state index contributed by atoms with van der Waals surface area (Å²) in [6.07, 6.45) is 0. The van der Waals surface area contributed by atoms with E-state index in [0.717, 1.165) is 78.8 Å². The molecule has 14 rings (SSSR count). The van der Waals surface area contributed by atoms with Crippen LogP contribution >= 0.6 is 11.3 Å². The van der Waals surface area contributed by atoms with E-state index in [9.17, 15) is 0 Å². The first-order chi connectivity index (χ1) is 37.2. The van der Waals surface area contributed by atoms with Crippen molar-refractivity contribution in [2.45, 2.75) is 0 Å². The van der Waals surface area contributed by atoms with Gasteiger partial charge in [-0.25, -0.2) is 0 Å². The molecule has 0 aliphatic heterocycles. The lowest BCUT2D eigenvalue weighted by atomic mass is 9.95. The van der Waals surface area contributed by atoms with E-state index < -0.39 is 0 Å². The molecule has 5 heteroatoms. The van der Waals surface area contributed by atoms with Crippen LogP contribution in [0.1, 0.15) is 0 Å². The number of rotatable bonds is 11. The van der Waals surface area contributed by atoms with Gasteiger partial charge in [-0.05, 0) is 150 Å². The monoisotopic (exact) mass is 976 g/mol. The molecule has 2 heterocycles. The third-order valence-electron chi connectivity index (χ3n) is 14.5. The second kappa shape index (κ2) is 18.7. The van der Waals surface area contributed by atoms with Crippen LogP contribution in [0.4, 0.5) is 51.2 Å². The Hall–Kier alpha value is -9.68. The van der Waals surface area contributed by atoms with Gasteiger partial charge in [-0.2, -0.15) is 0 Å². The molecular formula is C70H48N4S. The quantitative estimate of drug-likeness (QED) is 0.128. The van der Waals surface area contributed by atoms with Crippen LogP contribution in [0, 0.1) is 0 Å². The Labute approximate surface area is 440 Å². The summed E-state index contributed by atoms with van der Waals surface area (Å²) >= 11 is 1.85. The SMILES string of the molecule is c1ccc(N(c2ccccc2)c2cc(-c3cccc4c(N(c5ccc6sc7ccccc7c6c5)c5ccc6c(c5)c5ccccc5n6-c5ccccc5)cccc34)cc(N(c3ccccc3)c3ccccc3)c2)cc1. The standard InChI is InChI=1S/C70H48N4S/c1-6-22-50(23-7-1)71(51-24-8-2-9-25-51)57-44-49(45-58(46-57)72(52-26-10-3-11-27-52)53-28-12-4-13-29-53)59-34-20-36-61-60(59)35-21-38-66(61)73(56-41-43-70-65(48-56)63-33-17-19-39-69(63)75-70)55-40-42-68-64(47-55)62-32-16-18-37-67(62)74(68)54-30-14-5-15-31-54/h1-48H.